The minimum absolute atomic E-state index is 0.0524. The highest BCUT2D eigenvalue weighted by atomic mass is 79.9. The monoisotopic (exact) mass is 558 g/mol. The number of nitrogens with one attached hydrogen (secondary N) is 1. The third-order valence-electron chi connectivity index (χ3n) is 6.05. The Morgan fingerprint density at radius 3 is 2.20 bits per heavy atom. The average molecular weight is 560 g/mol. The van der Waals surface area contributed by atoms with Crippen LogP contribution in [0, 0.1) is 27.7 Å². The summed E-state index contributed by atoms with van der Waals surface area (Å²) in [7, 11) is -2.53. The minimum atomic E-state index is -4.04. The van der Waals surface area contributed by atoms with Crippen LogP contribution >= 0.6 is 15.9 Å². The maximum absolute atomic E-state index is 13.7. The summed E-state index contributed by atoms with van der Waals surface area (Å²) >= 11 is 3.35. The molecule has 0 radical (unpaired) electrons. The number of methoxy groups -OCH3 is 1. The molecule has 0 aliphatic carbocycles. The van der Waals surface area contributed by atoms with Gasteiger partial charge in [-0.2, -0.15) is 0 Å². The number of carbonyl (C=O) groups is 1. The molecule has 35 heavy (non-hydrogen) atoms. The molecule has 0 aliphatic heterocycles. The van der Waals surface area contributed by atoms with E-state index in [0.29, 0.717) is 15.9 Å². The second-order valence-electron chi connectivity index (χ2n) is 8.73. The van der Waals surface area contributed by atoms with Crippen LogP contribution in [0.15, 0.2) is 64.0 Å². The molecule has 0 saturated heterocycles. The van der Waals surface area contributed by atoms with Crippen molar-refractivity contribution >= 4 is 37.5 Å². The van der Waals surface area contributed by atoms with Gasteiger partial charge in [-0.15, -0.1) is 0 Å². The Labute approximate surface area is 216 Å². The Kier molecular flexibility index (Phi) is 8.28. The van der Waals surface area contributed by atoms with E-state index in [1.54, 1.807) is 18.2 Å². The summed E-state index contributed by atoms with van der Waals surface area (Å²) in [6, 6.07) is 15.5. The molecule has 0 heterocycles. The first kappa shape index (κ1) is 26.8. The zero-order valence-corrected chi connectivity index (χ0v) is 23.2. The summed E-state index contributed by atoms with van der Waals surface area (Å²) < 4.78 is 34.2. The van der Waals surface area contributed by atoms with Crippen molar-refractivity contribution in [2.45, 2.75) is 45.6 Å². The van der Waals surface area contributed by atoms with Crippen LogP contribution in [0.3, 0.4) is 0 Å². The van der Waals surface area contributed by atoms with Crippen molar-refractivity contribution < 1.29 is 17.9 Å². The fourth-order valence-corrected chi connectivity index (χ4v) is 6.05. The molecule has 186 valence electrons. The van der Waals surface area contributed by atoms with Gasteiger partial charge in [0.25, 0.3) is 10.0 Å². The van der Waals surface area contributed by atoms with Gasteiger partial charge >= 0.3 is 0 Å². The lowest BCUT2D eigenvalue weighted by atomic mass is 9.96. The lowest BCUT2D eigenvalue weighted by Crippen LogP contribution is -2.41. The van der Waals surface area contributed by atoms with E-state index in [4.69, 9.17) is 4.74 Å². The first-order chi connectivity index (χ1) is 16.4. The fourth-order valence-electron chi connectivity index (χ4n) is 3.91. The molecule has 0 aromatic heterocycles. The molecule has 0 saturated carbocycles. The second-order valence-corrected chi connectivity index (χ2v) is 11.4. The summed E-state index contributed by atoms with van der Waals surface area (Å²) in [5.41, 5.74) is 5.80. The molecule has 0 bridgehead atoms. The van der Waals surface area contributed by atoms with Gasteiger partial charge in [0.1, 0.15) is 12.3 Å². The Morgan fingerprint density at radius 1 is 0.971 bits per heavy atom. The highest BCUT2D eigenvalue weighted by molar-refractivity contribution is 9.10. The van der Waals surface area contributed by atoms with Crippen LogP contribution in [0.5, 0.6) is 5.75 Å². The van der Waals surface area contributed by atoms with Crippen molar-refractivity contribution in [3.05, 3.63) is 86.9 Å². The summed E-state index contributed by atoms with van der Waals surface area (Å²) in [5.74, 6) is 0.119. The maximum Gasteiger partial charge on any atom is 0.264 e. The van der Waals surface area contributed by atoms with Gasteiger partial charge in [-0.25, -0.2) is 8.42 Å². The smallest absolute Gasteiger partial charge is 0.264 e. The Hall–Kier alpha value is -2.84. The largest absolute Gasteiger partial charge is 0.496 e. The van der Waals surface area contributed by atoms with Gasteiger partial charge in [-0.1, -0.05) is 29.8 Å². The molecule has 1 N–H and O–H groups in total. The third kappa shape index (κ3) is 6.05. The second kappa shape index (κ2) is 10.8. The van der Waals surface area contributed by atoms with E-state index in [1.807, 2.05) is 39.8 Å². The van der Waals surface area contributed by atoms with Crippen LogP contribution in [-0.2, 0) is 14.8 Å². The van der Waals surface area contributed by atoms with E-state index in [2.05, 4.69) is 40.3 Å². The van der Waals surface area contributed by atoms with E-state index >= 15 is 0 Å². The number of amides is 1. The first-order valence-corrected chi connectivity index (χ1v) is 13.5. The average Bonchev–Trinajstić information content (AvgIpc) is 2.80. The van der Waals surface area contributed by atoms with Crippen LogP contribution in [0.2, 0.25) is 0 Å². The van der Waals surface area contributed by atoms with Crippen molar-refractivity contribution in [1.82, 2.24) is 5.32 Å². The number of halogens is 1. The van der Waals surface area contributed by atoms with Gasteiger partial charge in [0.15, 0.2) is 0 Å². The number of ether oxygens (including phenoxy) is 1. The Bertz CT molecular complexity index is 1340. The maximum atomic E-state index is 13.7. The number of hydrogen-bond donors (Lipinski definition) is 1. The Morgan fingerprint density at radius 2 is 1.60 bits per heavy atom. The third-order valence-corrected chi connectivity index (χ3v) is 8.44. The normalized spacial score (nSPS) is 12.2. The van der Waals surface area contributed by atoms with Gasteiger partial charge in [-0.05, 0) is 103 Å². The molecule has 8 heteroatoms. The standard InChI is InChI=1S/C27H31BrN2O4S/c1-17-7-9-22(10-8-17)30(35(32,33)23-11-12-26(34-6)25(28)15-23)16-27(31)29-21(5)24-14-19(3)18(2)13-20(24)4/h7-15,21H,16H2,1-6H3,(H,29,31)/t21-/m0/s1. The van der Waals surface area contributed by atoms with Gasteiger partial charge in [-0.3, -0.25) is 9.10 Å². The number of benzene rings is 3. The van der Waals surface area contributed by atoms with Crippen molar-refractivity contribution in [3.8, 4) is 5.75 Å². The fraction of sp³-hybridized carbons (Fsp3) is 0.296. The number of anilines is 1. The molecule has 3 aromatic rings. The lowest BCUT2D eigenvalue weighted by Gasteiger charge is -2.26. The molecular weight excluding hydrogens is 528 g/mol. The number of sulfonamides is 1. The van der Waals surface area contributed by atoms with E-state index in [0.717, 1.165) is 26.6 Å². The molecular formula is C27H31BrN2O4S. The number of nitrogens with zero attached hydrogens (tertiary/aromatic N) is 1. The molecule has 1 amide bonds. The summed E-state index contributed by atoms with van der Waals surface area (Å²) in [6.45, 7) is 9.56. The van der Waals surface area contributed by atoms with Crippen molar-refractivity contribution in [2.75, 3.05) is 18.0 Å². The van der Waals surface area contributed by atoms with Gasteiger partial charge in [0, 0.05) is 0 Å². The number of rotatable bonds is 8. The predicted octanol–water partition coefficient (Wildman–Crippen LogP) is 5.76. The number of carbonyl (C=O) groups excluding carboxylic acids is 1. The van der Waals surface area contributed by atoms with Crippen LogP contribution in [0.4, 0.5) is 5.69 Å². The Balaban J connectivity index is 1.93. The van der Waals surface area contributed by atoms with E-state index in [1.165, 1.54) is 24.8 Å². The quantitative estimate of drug-likeness (QED) is 0.381. The highest BCUT2D eigenvalue weighted by Gasteiger charge is 2.28. The molecule has 1 atom stereocenters. The number of aryl methyl sites for hydroxylation is 4. The summed E-state index contributed by atoms with van der Waals surface area (Å²) in [6.07, 6.45) is 0. The van der Waals surface area contributed by atoms with Gasteiger partial charge < -0.3 is 10.1 Å². The van der Waals surface area contributed by atoms with Crippen LogP contribution in [-0.4, -0.2) is 28.0 Å². The molecule has 0 spiro atoms. The van der Waals surface area contributed by atoms with Crippen LogP contribution in [0.1, 0.15) is 40.8 Å². The SMILES string of the molecule is COc1ccc(S(=O)(=O)N(CC(=O)N[C@@H](C)c2cc(C)c(C)cc2C)c2ccc(C)cc2)cc1Br. The van der Waals surface area contributed by atoms with Gasteiger partial charge in [0.05, 0.1) is 28.2 Å². The number of hydrogen-bond acceptors (Lipinski definition) is 4. The van der Waals surface area contributed by atoms with Crippen molar-refractivity contribution in [1.29, 1.82) is 0 Å². The van der Waals surface area contributed by atoms with Gasteiger partial charge in [0.2, 0.25) is 5.91 Å². The summed E-state index contributed by atoms with van der Waals surface area (Å²) in [5, 5.41) is 2.97. The minimum Gasteiger partial charge on any atom is -0.496 e. The van der Waals surface area contributed by atoms with Crippen molar-refractivity contribution in [2.24, 2.45) is 0 Å². The lowest BCUT2D eigenvalue weighted by molar-refractivity contribution is -0.120. The van der Waals surface area contributed by atoms with Crippen LogP contribution < -0.4 is 14.4 Å². The van der Waals surface area contributed by atoms with E-state index < -0.39 is 15.9 Å². The van der Waals surface area contributed by atoms with E-state index in [-0.39, 0.29) is 17.5 Å². The van der Waals surface area contributed by atoms with Crippen molar-refractivity contribution in [3.63, 3.8) is 0 Å². The molecule has 0 unspecified atom stereocenters. The molecule has 3 rings (SSSR count). The zero-order chi connectivity index (χ0) is 25.9. The molecule has 3 aromatic carbocycles. The zero-order valence-electron chi connectivity index (χ0n) is 20.8. The highest BCUT2D eigenvalue weighted by Crippen LogP contribution is 2.31. The first-order valence-electron chi connectivity index (χ1n) is 11.2. The van der Waals surface area contributed by atoms with E-state index in [9.17, 15) is 13.2 Å². The molecule has 0 aliphatic rings. The topological polar surface area (TPSA) is 75.7 Å². The summed E-state index contributed by atoms with van der Waals surface area (Å²) in [4.78, 5) is 13.2. The molecule has 0 fully saturated rings. The predicted molar refractivity (Wildman–Crippen MR) is 144 cm³/mol. The van der Waals surface area contributed by atoms with Crippen LogP contribution in [0.25, 0.3) is 0 Å². The molecule has 6 nitrogen and oxygen atoms in total.